The molecule has 1 N–H and O–H groups in total. The lowest BCUT2D eigenvalue weighted by atomic mass is 9.87. The Hall–Kier alpha value is -2.89. The average molecular weight is 441 g/mol. The summed E-state index contributed by atoms with van der Waals surface area (Å²) in [5.74, 6) is 0.434. The van der Waals surface area contributed by atoms with Gasteiger partial charge in [-0.3, -0.25) is 9.59 Å². The minimum Gasteiger partial charge on any atom is -0.481 e. The molecule has 172 valence electrons. The van der Waals surface area contributed by atoms with Crippen molar-refractivity contribution in [1.82, 2.24) is 10.2 Å². The van der Waals surface area contributed by atoms with Crippen LogP contribution in [0.3, 0.4) is 0 Å². The monoisotopic (exact) mass is 440 g/mol. The van der Waals surface area contributed by atoms with Gasteiger partial charge in [-0.05, 0) is 66.6 Å². The van der Waals surface area contributed by atoms with Crippen LogP contribution in [-0.4, -0.2) is 35.9 Å². The van der Waals surface area contributed by atoms with Crippen LogP contribution in [0, 0.1) is 11.7 Å². The zero-order valence-corrected chi connectivity index (χ0v) is 19.4. The molecule has 0 unspecified atom stereocenters. The van der Waals surface area contributed by atoms with E-state index in [1.807, 2.05) is 43.9 Å². The van der Waals surface area contributed by atoms with Crippen molar-refractivity contribution in [2.75, 3.05) is 13.1 Å². The lowest BCUT2D eigenvalue weighted by Crippen LogP contribution is -2.41. The molecule has 5 nitrogen and oxygen atoms in total. The third-order valence-electron chi connectivity index (χ3n) is 5.67. The Morgan fingerprint density at radius 2 is 1.88 bits per heavy atom. The standard InChI is InChI=1S/C26H33FN2O3/c1-5-13-28-26(31)18(4)32-22-11-8-19-12-14-29(24(30)15-17(2)3)25(23(19)16-22)20-6-9-21(27)10-7-20/h6-11,16-18,25H,5,12-15H2,1-4H3,(H,28,31)/t18-,25-/m0/s1. The Kier molecular flexibility index (Phi) is 7.89. The first-order chi connectivity index (χ1) is 15.3. The van der Waals surface area contributed by atoms with Crippen molar-refractivity contribution in [1.29, 1.82) is 0 Å². The minimum atomic E-state index is -0.633. The van der Waals surface area contributed by atoms with E-state index in [4.69, 9.17) is 4.74 Å². The average Bonchev–Trinajstić information content (AvgIpc) is 2.76. The first-order valence-electron chi connectivity index (χ1n) is 11.4. The van der Waals surface area contributed by atoms with Crippen LogP contribution in [0.2, 0.25) is 0 Å². The van der Waals surface area contributed by atoms with E-state index in [2.05, 4.69) is 5.32 Å². The van der Waals surface area contributed by atoms with Gasteiger partial charge in [0.1, 0.15) is 11.6 Å². The van der Waals surface area contributed by atoms with E-state index >= 15 is 0 Å². The number of nitrogens with zero attached hydrogens (tertiary/aromatic N) is 1. The molecular weight excluding hydrogens is 407 g/mol. The van der Waals surface area contributed by atoms with Gasteiger partial charge in [-0.1, -0.05) is 39.0 Å². The number of ether oxygens (including phenoxy) is 1. The summed E-state index contributed by atoms with van der Waals surface area (Å²) in [6, 6.07) is 11.8. The number of hydrogen-bond donors (Lipinski definition) is 1. The van der Waals surface area contributed by atoms with Gasteiger partial charge in [0.05, 0.1) is 6.04 Å². The van der Waals surface area contributed by atoms with E-state index in [9.17, 15) is 14.0 Å². The predicted molar refractivity (Wildman–Crippen MR) is 123 cm³/mol. The summed E-state index contributed by atoms with van der Waals surface area (Å²) in [5.41, 5.74) is 2.94. The van der Waals surface area contributed by atoms with E-state index in [1.165, 1.54) is 12.1 Å². The fraction of sp³-hybridized carbons (Fsp3) is 0.462. The minimum absolute atomic E-state index is 0.0820. The molecule has 0 aliphatic carbocycles. The number of carbonyl (C=O) groups is 2. The van der Waals surface area contributed by atoms with Crippen LogP contribution in [0.25, 0.3) is 0 Å². The number of nitrogens with one attached hydrogen (secondary N) is 1. The highest BCUT2D eigenvalue weighted by molar-refractivity contribution is 5.80. The van der Waals surface area contributed by atoms with Gasteiger partial charge in [0.25, 0.3) is 5.91 Å². The van der Waals surface area contributed by atoms with E-state index < -0.39 is 6.10 Å². The molecule has 2 atom stereocenters. The number of amides is 2. The molecule has 1 aliphatic heterocycles. The molecule has 2 aromatic carbocycles. The summed E-state index contributed by atoms with van der Waals surface area (Å²) >= 11 is 0. The van der Waals surface area contributed by atoms with Crippen LogP contribution in [0.5, 0.6) is 5.75 Å². The number of benzene rings is 2. The lowest BCUT2D eigenvalue weighted by Gasteiger charge is -2.38. The topological polar surface area (TPSA) is 58.6 Å². The summed E-state index contributed by atoms with van der Waals surface area (Å²) in [4.78, 5) is 27.2. The van der Waals surface area contributed by atoms with Crippen LogP contribution in [0.15, 0.2) is 42.5 Å². The second-order valence-electron chi connectivity index (χ2n) is 8.80. The van der Waals surface area contributed by atoms with Crippen LogP contribution in [-0.2, 0) is 16.0 Å². The van der Waals surface area contributed by atoms with Gasteiger partial charge in [-0.2, -0.15) is 0 Å². The quantitative estimate of drug-likeness (QED) is 0.651. The summed E-state index contributed by atoms with van der Waals surface area (Å²) in [7, 11) is 0. The second-order valence-corrected chi connectivity index (χ2v) is 8.80. The molecule has 0 bridgehead atoms. The highest BCUT2D eigenvalue weighted by Gasteiger charge is 2.32. The molecule has 0 saturated heterocycles. The van der Waals surface area contributed by atoms with Gasteiger partial charge in [0, 0.05) is 19.5 Å². The Balaban J connectivity index is 1.94. The zero-order chi connectivity index (χ0) is 23.3. The smallest absolute Gasteiger partial charge is 0.260 e. The molecule has 1 aliphatic rings. The molecule has 3 rings (SSSR count). The molecule has 1 heterocycles. The first kappa shape index (κ1) is 23.8. The van der Waals surface area contributed by atoms with Crippen molar-refractivity contribution in [2.24, 2.45) is 5.92 Å². The summed E-state index contributed by atoms with van der Waals surface area (Å²) in [6.07, 6.45) is 1.42. The van der Waals surface area contributed by atoms with Gasteiger partial charge in [0.2, 0.25) is 5.91 Å². The van der Waals surface area contributed by atoms with Crippen LogP contribution in [0.4, 0.5) is 4.39 Å². The van der Waals surface area contributed by atoms with Crippen LogP contribution in [0.1, 0.15) is 63.3 Å². The number of carbonyl (C=O) groups excluding carboxylic acids is 2. The molecule has 0 radical (unpaired) electrons. The molecule has 2 aromatic rings. The predicted octanol–water partition coefficient (Wildman–Crippen LogP) is 4.64. The van der Waals surface area contributed by atoms with E-state index in [-0.39, 0.29) is 29.6 Å². The molecule has 32 heavy (non-hydrogen) atoms. The summed E-state index contributed by atoms with van der Waals surface area (Å²) in [5, 5.41) is 2.84. The van der Waals surface area contributed by atoms with Crippen molar-refractivity contribution in [3.8, 4) is 5.75 Å². The van der Waals surface area contributed by atoms with Gasteiger partial charge >= 0.3 is 0 Å². The highest BCUT2D eigenvalue weighted by Crippen LogP contribution is 2.38. The van der Waals surface area contributed by atoms with Crippen molar-refractivity contribution < 1.29 is 18.7 Å². The molecule has 0 saturated carbocycles. The lowest BCUT2D eigenvalue weighted by molar-refractivity contribution is -0.134. The summed E-state index contributed by atoms with van der Waals surface area (Å²) < 4.78 is 19.5. The van der Waals surface area contributed by atoms with E-state index in [0.717, 1.165) is 29.5 Å². The fourth-order valence-corrected chi connectivity index (χ4v) is 4.06. The Bertz CT molecular complexity index is 943. The normalized spacial score (nSPS) is 16.4. The molecule has 6 heteroatoms. The van der Waals surface area contributed by atoms with Crippen molar-refractivity contribution >= 4 is 11.8 Å². The Morgan fingerprint density at radius 1 is 1.16 bits per heavy atom. The maximum Gasteiger partial charge on any atom is 0.260 e. The molecule has 2 amide bonds. The third-order valence-corrected chi connectivity index (χ3v) is 5.67. The van der Waals surface area contributed by atoms with E-state index in [1.54, 1.807) is 19.1 Å². The van der Waals surface area contributed by atoms with E-state index in [0.29, 0.717) is 25.3 Å². The summed E-state index contributed by atoms with van der Waals surface area (Å²) in [6.45, 7) is 8.99. The van der Waals surface area contributed by atoms with Gasteiger partial charge in [-0.25, -0.2) is 4.39 Å². The highest BCUT2D eigenvalue weighted by atomic mass is 19.1. The fourth-order valence-electron chi connectivity index (χ4n) is 4.06. The van der Waals surface area contributed by atoms with Gasteiger partial charge in [-0.15, -0.1) is 0 Å². The number of hydrogen-bond acceptors (Lipinski definition) is 3. The Labute approximate surface area is 190 Å². The number of fused-ring (bicyclic) bond motifs is 1. The molecule has 0 aromatic heterocycles. The van der Waals surface area contributed by atoms with Crippen molar-refractivity contribution in [3.63, 3.8) is 0 Å². The van der Waals surface area contributed by atoms with Crippen LogP contribution < -0.4 is 10.1 Å². The third kappa shape index (κ3) is 5.67. The van der Waals surface area contributed by atoms with Crippen molar-refractivity contribution in [2.45, 2.75) is 59.1 Å². The molecule has 0 spiro atoms. The van der Waals surface area contributed by atoms with Crippen molar-refractivity contribution in [3.05, 3.63) is 65.0 Å². The number of rotatable bonds is 8. The molecular formula is C26H33FN2O3. The zero-order valence-electron chi connectivity index (χ0n) is 19.4. The maximum absolute atomic E-state index is 13.6. The van der Waals surface area contributed by atoms with Gasteiger partial charge in [0.15, 0.2) is 6.10 Å². The largest absolute Gasteiger partial charge is 0.481 e. The van der Waals surface area contributed by atoms with Crippen LogP contribution >= 0.6 is 0 Å². The SMILES string of the molecule is CCCNC(=O)[C@H](C)Oc1ccc2c(c1)[C@H](c1ccc(F)cc1)N(C(=O)CC(C)C)CC2. The number of halogens is 1. The maximum atomic E-state index is 13.6. The molecule has 0 fully saturated rings. The second kappa shape index (κ2) is 10.6. The first-order valence-corrected chi connectivity index (χ1v) is 11.4. The van der Waals surface area contributed by atoms with Gasteiger partial charge < -0.3 is 15.0 Å². The Morgan fingerprint density at radius 3 is 2.53 bits per heavy atom.